The van der Waals surface area contributed by atoms with Crippen LogP contribution < -0.4 is 9.62 Å². The highest BCUT2D eigenvalue weighted by Crippen LogP contribution is 2.25. The van der Waals surface area contributed by atoms with Gasteiger partial charge in [0.25, 0.3) is 5.69 Å². The van der Waals surface area contributed by atoms with Crippen molar-refractivity contribution >= 4 is 33.2 Å². The summed E-state index contributed by atoms with van der Waals surface area (Å²) in [4.78, 5) is 39.7. The zero-order valence-electron chi connectivity index (χ0n) is 23.2. The van der Waals surface area contributed by atoms with Crippen LogP contribution in [0.3, 0.4) is 0 Å². The molecule has 0 aromatic heterocycles. The summed E-state index contributed by atoms with van der Waals surface area (Å²) in [6, 6.07) is 18.7. The van der Waals surface area contributed by atoms with E-state index < -0.39 is 45.2 Å². The predicted octanol–water partition coefficient (Wildman–Crippen LogP) is 4.20. The van der Waals surface area contributed by atoms with Gasteiger partial charge in [0.2, 0.25) is 21.8 Å². The molecule has 0 bridgehead atoms. The monoisotopic (exact) mass is 596 g/mol. The van der Waals surface area contributed by atoms with Crippen molar-refractivity contribution in [3.63, 3.8) is 0 Å². The summed E-state index contributed by atoms with van der Waals surface area (Å²) in [6.45, 7) is -1.05. The number of nitrogens with zero attached hydrogens (tertiary/aromatic N) is 3. The van der Waals surface area contributed by atoms with Crippen LogP contribution in [0.1, 0.15) is 36.8 Å². The van der Waals surface area contributed by atoms with Crippen LogP contribution in [-0.2, 0) is 32.6 Å². The SMILES string of the molecule is CS(=O)(=O)N(CC(=O)N(Cc1ccccc1F)[C@H](Cc1ccccc1)C(=O)NC1CCCC1)c1cccc([N+](=O)[O-])c1. The van der Waals surface area contributed by atoms with E-state index in [4.69, 9.17) is 0 Å². The second-order valence-corrected chi connectivity index (χ2v) is 12.3. The topological polar surface area (TPSA) is 130 Å². The van der Waals surface area contributed by atoms with Crippen molar-refractivity contribution in [2.45, 2.75) is 50.7 Å². The molecule has 1 atom stereocenters. The highest BCUT2D eigenvalue weighted by atomic mass is 32.2. The number of carbonyl (C=O) groups excluding carboxylic acids is 2. The van der Waals surface area contributed by atoms with Crippen LogP contribution in [0.25, 0.3) is 0 Å². The Morgan fingerprint density at radius 2 is 1.69 bits per heavy atom. The fourth-order valence-electron chi connectivity index (χ4n) is 5.11. The van der Waals surface area contributed by atoms with Crippen molar-refractivity contribution in [3.05, 3.63) is 106 Å². The summed E-state index contributed by atoms with van der Waals surface area (Å²) in [5, 5.41) is 14.4. The lowest BCUT2D eigenvalue weighted by molar-refractivity contribution is -0.384. The molecule has 1 saturated carbocycles. The van der Waals surface area contributed by atoms with Gasteiger partial charge < -0.3 is 10.2 Å². The number of rotatable bonds is 12. The zero-order valence-corrected chi connectivity index (χ0v) is 24.0. The van der Waals surface area contributed by atoms with E-state index in [0.29, 0.717) is 0 Å². The Morgan fingerprint density at radius 1 is 1.02 bits per heavy atom. The highest BCUT2D eigenvalue weighted by molar-refractivity contribution is 7.92. The Bertz CT molecular complexity index is 1530. The van der Waals surface area contributed by atoms with E-state index in [0.717, 1.165) is 47.9 Å². The van der Waals surface area contributed by atoms with E-state index in [1.807, 2.05) is 18.2 Å². The minimum Gasteiger partial charge on any atom is -0.352 e. The largest absolute Gasteiger partial charge is 0.352 e. The van der Waals surface area contributed by atoms with E-state index in [1.54, 1.807) is 18.2 Å². The number of carbonyl (C=O) groups is 2. The maximum Gasteiger partial charge on any atom is 0.271 e. The summed E-state index contributed by atoms with van der Waals surface area (Å²) in [7, 11) is -4.10. The first kappa shape index (κ1) is 30.6. The average molecular weight is 597 g/mol. The van der Waals surface area contributed by atoms with Gasteiger partial charge in [-0.2, -0.15) is 0 Å². The molecule has 0 saturated heterocycles. The Balaban J connectivity index is 1.74. The maximum atomic E-state index is 14.9. The van der Waals surface area contributed by atoms with Crippen molar-refractivity contribution in [3.8, 4) is 0 Å². The maximum absolute atomic E-state index is 14.9. The van der Waals surface area contributed by atoms with Gasteiger partial charge in [-0.15, -0.1) is 0 Å². The Labute approximate surface area is 244 Å². The molecule has 2 amide bonds. The fourth-order valence-corrected chi connectivity index (χ4v) is 5.95. The molecule has 42 heavy (non-hydrogen) atoms. The summed E-state index contributed by atoms with van der Waals surface area (Å²) in [6.07, 6.45) is 4.54. The minimum atomic E-state index is -4.10. The first-order valence-electron chi connectivity index (χ1n) is 13.6. The second kappa shape index (κ2) is 13.6. The molecule has 0 unspecified atom stereocenters. The molecule has 0 aliphatic heterocycles. The number of hydrogen-bond donors (Lipinski definition) is 1. The number of benzene rings is 3. The number of nitro benzene ring substituents is 1. The third-order valence-corrected chi connectivity index (χ3v) is 8.42. The number of halogens is 1. The zero-order chi connectivity index (χ0) is 30.3. The molecule has 10 nitrogen and oxygen atoms in total. The summed E-state index contributed by atoms with van der Waals surface area (Å²) in [5.74, 6) is -1.77. The van der Waals surface area contributed by atoms with E-state index in [2.05, 4.69) is 5.32 Å². The van der Waals surface area contributed by atoms with Gasteiger partial charge in [0.05, 0.1) is 16.9 Å². The Kier molecular flexibility index (Phi) is 9.89. The molecule has 1 N–H and O–H groups in total. The first-order valence-corrected chi connectivity index (χ1v) is 15.5. The standard InChI is InChI=1S/C30H33FN4O6S/c1-42(40,41)34(25-15-9-16-26(19-25)35(38)39)21-29(36)33(20-23-12-5-8-17-27(23)31)28(18-22-10-3-2-4-11-22)30(37)32-24-13-6-7-14-24/h2-5,8-12,15-17,19,24,28H,6-7,13-14,18,20-21H2,1H3,(H,32,37)/t28-/m1/s1. The lowest BCUT2D eigenvalue weighted by atomic mass is 10.0. The van der Waals surface area contributed by atoms with Crippen molar-refractivity contribution in [2.24, 2.45) is 0 Å². The predicted molar refractivity (Wildman–Crippen MR) is 157 cm³/mol. The number of sulfonamides is 1. The van der Waals surface area contributed by atoms with Crippen LogP contribution in [0.5, 0.6) is 0 Å². The lowest BCUT2D eigenvalue weighted by Gasteiger charge is -2.34. The van der Waals surface area contributed by atoms with Gasteiger partial charge >= 0.3 is 0 Å². The van der Waals surface area contributed by atoms with Crippen LogP contribution in [0.4, 0.5) is 15.8 Å². The number of nitro groups is 1. The van der Waals surface area contributed by atoms with Crippen LogP contribution in [0, 0.1) is 15.9 Å². The molecular weight excluding hydrogens is 563 g/mol. The molecule has 0 heterocycles. The average Bonchev–Trinajstić information content (AvgIpc) is 3.47. The Morgan fingerprint density at radius 3 is 2.33 bits per heavy atom. The number of hydrogen-bond acceptors (Lipinski definition) is 6. The normalized spacial score (nSPS) is 14.2. The van der Waals surface area contributed by atoms with Gasteiger partial charge in [0, 0.05) is 36.7 Å². The molecule has 4 rings (SSSR count). The van der Waals surface area contributed by atoms with Crippen LogP contribution >= 0.6 is 0 Å². The number of anilines is 1. The van der Waals surface area contributed by atoms with Crippen LogP contribution in [-0.4, -0.2) is 54.9 Å². The number of non-ortho nitro benzene ring substituents is 1. The molecule has 1 aliphatic rings. The number of amides is 2. The van der Waals surface area contributed by atoms with E-state index in [-0.39, 0.29) is 35.9 Å². The third kappa shape index (κ3) is 7.90. The Hall–Kier alpha value is -4.32. The van der Waals surface area contributed by atoms with Gasteiger partial charge in [0.15, 0.2) is 0 Å². The first-order chi connectivity index (χ1) is 20.0. The van der Waals surface area contributed by atoms with E-state index >= 15 is 0 Å². The minimum absolute atomic E-state index is 0.0569. The van der Waals surface area contributed by atoms with Gasteiger partial charge in [-0.05, 0) is 30.5 Å². The summed E-state index contributed by atoms with van der Waals surface area (Å²) < 4.78 is 41.3. The molecule has 3 aromatic carbocycles. The smallest absolute Gasteiger partial charge is 0.271 e. The molecular formula is C30H33FN4O6S. The molecule has 1 fully saturated rings. The van der Waals surface area contributed by atoms with Gasteiger partial charge in [-0.3, -0.25) is 24.0 Å². The summed E-state index contributed by atoms with van der Waals surface area (Å²) in [5.41, 5.74) is 0.475. The van der Waals surface area contributed by atoms with Crippen LogP contribution in [0.2, 0.25) is 0 Å². The third-order valence-electron chi connectivity index (χ3n) is 7.28. The van der Waals surface area contributed by atoms with Crippen LogP contribution in [0.15, 0.2) is 78.9 Å². The van der Waals surface area contributed by atoms with Gasteiger partial charge in [0.1, 0.15) is 18.4 Å². The van der Waals surface area contributed by atoms with Crippen molar-refractivity contribution < 1.29 is 27.3 Å². The molecule has 0 spiro atoms. The fraction of sp³-hybridized carbons (Fsp3) is 0.333. The van der Waals surface area contributed by atoms with Crippen molar-refractivity contribution in [1.82, 2.24) is 10.2 Å². The molecule has 12 heteroatoms. The van der Waals surface area contributed by atoms with Crippen molar-refractivity contribution in [1.29, 1.82) is 0 Å². The van der Waals surface area contributed by atoms with Gasteiger partial charge in [-0.25, -0.2) is 12.8 Å². The molecule has 3 aromatic rings. The molecule has 0 radical (unpaired) electrons. The lowest BCUT2D eigenvalue weighted by Crippen LogP contribution is -2.54. The van der Waals surface area contributed by atoms with E-state index in [9.17, 15) is 32.5 Å². The molecule has 222 valence electrons. The quantitative estimate of drug-likeness (QED) is 0.246. The number of nitrogens with one attached hydrogen (secondary N) is 1. The van der Waals surface area contributed by atoms with Gasteiger partial charge in [-0.1, -0.05) is 67.4 Å². The second-order valence-electron chi connectivity index (χ2n) is 10.4. The highest BCUT2D eigenvalue weighted by Gasteiger charge is 2.34. The molecule has 1 aliphatic carbocycles. The van der Waals surface area contributed by atoms with Crippen molar-refractivity contribution in [2.75, 3.05) is 17.1 Å². The van der Waals surface area contributed by atoms with E-state index in [1.165, 1.54) is 41.3 Å². The summed E-state index contributed by atoms with van der Waals surface area (Å²) >= 11 is 0.